The van der Waals surface area contributed by atoms with Gasteiger partial charge in [0.1, 0.15) is 0 Å². The fraction of sp³-hybridized carbons (Fsp3) is 0.812. The lowest BCUT2D eigenvalue weighted by atomic mass is 9.84. The summed E-state index contributed by atoms with van der Waals surface area (Å²) in [5.41, 5.74) is -0.195. The number of rotatable bonds is 4. The van der Waals surface area contributed by atoms with Gasteiger partial charge in [0.25, 0.3) is 0 Å². The Bertz CT molecular complexity index is 527. The highest BCUT2D eigenvalue weighted by Crippen LogP contribution is 2.50. The Kier molecular flexibility index (Phi) is 2.77. The van der Waals surface area contributed by atoms with Crippen molar-refractivity contribution in [1.82, 2.24) is 0 Å². The Morgan fingerprint density at radius 2 is 2.21 bits per heavy atom. The van der Waals surface area contributed by atoms with Gasteiger partial charge >= 0.3 is 5.97 Å². The largest absolute Gasteiger partial charge is 0.481 e. The number of fused-ring (bicyclic) bond motifs is 1. The molecule has 0 aliphatic heterocycles. The first-order chi connectivity index (χ1) is 10.3. The van der Waals surface area contributed by atoms with E-state index >= 15 is 0 Å². The molecule has 108 valence electrons. The smallest absolute Gasteiger partial charge is 0.303 e. The number of aliphatic hydroxyl groups is 1. The highest BCUT2D eigenvalue weighted by atomic mass is 16.4. The molecule has 2 N–H and O–H groups in total. The van der Waals surface area contributed by atoms with E-state index in [1.165, 1.54) is 0 Å². The Hall–Kier alpha value is -0.830. The summed E-state index contributed by atoms with van der Waals surface area (Å²) in [7, 11) is 0. The molecule has 0 spiro atoms. The molecule has 2 fully saturated rings. The molecule has 0 radical (unpaired) electrons. The van der Waals surface area contributed by atoms with Crippen LogP contribution in [-0.2, 0) is 4.79 Å². The number of hydrogen-bond acceptors (Lipinski definition) is 2. The van der Waals surface area contributed by atoms with Gasteiger partial charge in [-0.2, -0.15) is 0 Å². The van der Waals surface area contributed by atoms with Crippen molar-refractivity contribution < 1.29 is 20.5 Å². The quantitative estimate of drug-likeness (QED) is 0.771. The summed E-state index contributed by atoms with van der Waals surface area (Å²) >= 11 is 0. The topological polar surface area (TPSA) is 57.5 Å². The minimum atomic E-state index is -2.97. The summed E-state index contributed by atoms with van der Waals surface area (Å²) in [5, 5.41) is 19.0. The number of carbonyl (C=O) groups is 1. The Morgan fingerprint density at radius 3 is 2.79 bits per heavy atom. The van der Waals surface area contributed by atoms with Crippen LogP contribution in [0.4, 0.5) is 0 Å². The van der Waals surface area contributed by atoms with E-state index in [9.17, 15) is 9.90 Å². The fourth-order valence-electron chi connectivity index (χ4n) is 3.60. The van der Waals surface area contributed by atoms with Gasteiger partial charge in [0, 0.05) is 11.9 Å². The minimum Gasteiger partial charge on any atom is -0.481 e. The molecule has 3 heteroatoms. The van der Waals surface area contributed by atoms with Crippen molar-refractivity contribution in [3.63, 3.8) is 0 Å². The molecule has 3 nitrogen and oxygen atoms in total. The third-order valence-corrected chi connectivity index (χ3v) is 4.51. The van der Waals surface area contributed by atoms with Gasteiger partial charge in [0.15, 0.2) is 0 Å². The number of hydrogen-bond donors (Lipinski definition) is 2. The van der Waals surface area contributed by atoms with E-state index in [4.69, 9.17) is 10.6 Å². The van der Waals surface area contributed by atoms with Crippen LogP contribution in [0.15, 0.2) is 11.6 Å². The maximum Gasteiger partial charge on any atom is 0.303 e. The van der Waals surface area contributed by atoms with Crippen molar-refractivity contribution >= 4 is 5.97 Å². The Balaban J connectivity index is 2.23. The number of carboxylic acids is 1. The van der Waals surface area contributed by atoms with Crippen molar-refractivity contribution in [3.05, 3.63) is 11.6 Å². The molecular formula is C16H26O3. The zero-order valence-electron chi connectivity index (χ0n) is 15.8. The predicted octanol–water partition coefficient (Wildman–Crippen LogP) is 3.23. The van der Waals surface area contributed by atoms with Gasteiger partial charge in [-0.1, -0.05) is 32.4 Å². The number of allylic oxidation sites excluding steroid dienone is 2. The molecule has 4 atom stereocenters. The Labute approximate surface area is 121 Å². The van der Waals surface area contributed by atoms with E-state index in [-0.39, 0.29) is 12.0 Å². The highest BCUT2D eigenvalue weighted by Gasteiger charge is 2.44. The van der Waals surface area contributed by atoms with Gasteiger partial charge < -0.3 is 10.2 Å². The van der Waals surface area contributed by atoms with Crippen LogP contribution in [0.5, 0.6) is 0 Å². The lowest BCUT2D eigenvalue weighted by Crippen LogP contribution is -2.15. The van der Waals surface area contributed by atoms with Crippen LogP contribution < -0.4 is 0 Å². The van der Waals surface area contributed by atoms with E-state index in [0.29, 0.717) is 11.8 Å². The highest BCUT2D eigenvalue weighted by molar-refractivity contribution is 5.66. The summed E-state index contributed by atoms with van der Waals surface area (Å²) in [4.78, 5) is 11.1. The SMILES string of the molecule is [2H]C([2H])(C(=O)O)C([2H])([2H])C(C)(C)/C=C1\C[C@H]2C[C@@H](O)[C@H](C)[C@H]2C1. The molecule has 19 heavy (non-hydrogen) atoms. The lowest BCUT2D eigenvalue weighted by Gasteiger charge is -2.21. The molecular weight excluding hydrogens is 240 g/mol. The molecule has 2 saturated carbocycles. The average molecular weight is 270 g/mol. The van der Waals surface area contributed by atoms with Crippen LogP contribution >= 0.6 is 0 Å². The molecule has 0 aromatic carbocycles. The number of carboxylic acid groups (broad SMARTS) is 1. The van der Waals surface area contributed by atoms with Crippen LogP contribution in [0.1, 0.15) is 58.3 Å². The van der Waals surface area contributed by atoms with Crippen LogP contribution in [0.2, 0.25) is 0 Å². The summed E-state index contributed by atoms with van der Waals surface area (Å²) in [6.45, 7) is 5.13. The molecule has 0 aromatic heterocycles. The summed E-state index contributed by atoms with van der Waals surface area (Å²) in [6, 6.07) is 0. The molecule has 2 aliphatic rings. The van der Waals surface area contributed by atoms with Crippen LogP contribution in [0, 0.1) is 23.2 Å². The maximum atomic E-state index is 11.1. The van der Waals surface area contributed by atoms with Crippen LogP contribution in [0.25, 0.3) is 0 Å². The normalized spacial score (nSPS) is 41.4. The zero-order valence-corrected chi connectivity index (χ0v) is 11.8. The maximum absolute atomic E-state index is 11.1. The van der Waals surface area contributed by atoms with E-state index in [2.05, 4.69) is 0 Å². The first-order valence-corrected chi connectivity index (χ1v) is 6.93. The molecule has 0 saturated heterocycles. The van der Waals surface area contributed by atoms with Gasteiger partial charge in [0.2, 0.25) is 0 Å². The first-order valence-electron chi connectivity index (χ1n) is 8.93. The molecule has 0 heterocycles. The van der Waals surface area contributed by atoms with Crippen molar-refractivity contribution in [3.8, 4) is 0 Å². The predicted molar refractivity (Wildman–Crippen MR) is 74.7 cm³/mol. The molecule has 2 rings (SSSR count). The fourth-order valence-corrected chi connectivity index (χ4v) is 3.60. The monoisotopic (exact) mass is 270 g/mol. The molecule has 0 amide bonds. The summed E-state index contributed by atoms with van der Waals surface area (Å²) in [6.07, 6.45) is -1.74. The molecule has 0 bridgehead atoms. The number of aliphatic hydroxyl groups excluding tert-OH is 1. The van der Waals surface area contributed by atoms with Gasteiger partial charge in [-0.3, -0.25) is 4.79 Å². The standard InChI is InChI=1S/C16H26O3/c1-10-13-7-11(6-12(13)8-14(10)17)9-16(2,3)5-4-15(18)19/h9-10,12-14,17H,4-8H2,1-3H3,(H,18,19)/b11-9+/t10-,12+,13-,14-/m1/s1/i4D2,5D2. The molecule has 2 aliphatic carbocycles. The summed E-state index contributed by atoms with van der Waals surface area (Å²) < 4.78 is 31.4. The van der Waals surface area contributed by atoms with Crippen molar-refractivity contribution in [2.45, 2.75) is 58.9 Å². The Morgan fingerprint density at radius 1 is 1.53 bits per heavy atom. The van der Waals surface area contributed by atoms with Gasteiger partial charge in [0.05, 0.1) is 6.10 Å². The van der Waals surface area contributed by atoms with E-state index < -0.39 is 24.1 Å². The zero-order chi connectivity index (χ0) is 17.8. The van der Waals surface area contributed by atoms with Gasteiger partial charge in [-0.15, -0.1) is 0 Å². The van der Waals surface area contributed by atoms with E-state index in [1.54, 1.807) is 19.9 Å². The third kappa shape index (κ3) is 3.38. The second-order valence-electron chi connectivity index (χ2n) is 6.57. The van der Waals surface area contributed by atoms with E-state index in [1.807, 2.05) is 6.92 Å². The second kappa shape index (κ2) is 5.28. The van der Waals surface area contributed by atoms with Gasteiger partial charge in [-0.25, -0.2) is 0 Å². The average Bonchev–Trinajstić information content (AvgIpc) is 2.88. The van der Waals surface area contributed by atoms with E-state index in [0.717, 1.165) is 24.8 Å². The van der Waals surface area contributed by atoms with Crippen molar-refractivity contribution in [2.75, 3.05) is 0 Å². The lowest BCUT2D eigenvalue weighted by molar-refractivity contribution is -0.137. The number of aliphatic carboxylic acids is 1. The van der Waals surface area contributed by atoms with Crippen LogP contribution in [-0.4, -0.2) is 22.3 Å². The third-order valence-electron chi connectivity index (χ3n) is 4.51. The molecule has 0 unspecified atom stereocenters. The second-order valence-corrected chi connectivity index (χ2v) is 6.57. The van der Waals surface area contributed by atoms with Crippen LogP contribution in [0.3, 0.4) is 0 Å². The first kappa shape index (κ1) is 9.98. The van der Waals surface area contributed by atoms with Crippen molar-refractivity contribution in [1.29, 1.82) is 0 Å². The summed E-state index contributed by atoms with van der Waals surface area (Å²) in [5.74, 6) is -0.788. The van der Waals surface area contributed by atoms with Gasteiger partial charge in [-0.05, 0) is 48.8 Å². The minimum absolute atomic E-state index is 0.219. The van der Waals surface area contributed by atoms with Crippen molar-refractivity contribution in [2.24, 2.45) is 23.2 Å². The molecule has 0 aromatic rings.